The van der Waals surface area contributed by atoms with Crippen molar-refractivity contribution in [1.29, 1.82) is 0 Å². The molecule has 0 amide bonds. The van der Waals surface area contributed by atoms with Crippen LogP contribution in [-0.2, 0) is 0 Å². The first-order chi connectivity index (χ1) is 7.81. The van der Waals surface area contributed by atoms with Crippen molar-refractivity contribution in [3.05, 3.63) is 36.4 Å². The molecule has 1 aromatic rings. The zero-order valence-corrected chi connectivity index (χ0v) is 11.2. The first-order valence-electron chi connectivity index (χ1n) is 6.14. The lowest BCUT2D eigenvalue weighted by molar-refractivity contribution is 0.415. The average Bonchev–Trinajstić information content (AvgIpc) is 2.39. The molecule has 86 valence electrons. The molecule has 1 fully saturated rings. The van der Waals surface area contributed by atoms with Gasteiger partial charge in [-0.25, -0.2) is 0 Å². The van der Waals surface area contributed by atoms with Gasteiger partial charge in [0.2, 0.25) is 0 Å². The molecule has 0 saturated carbocycles. The highest BCUT2D eigenvalue weighted by molar-refractivity contribution is 6.78. The number of methoxy groups -OCH3 is 1. The fourth-order valence-electron chi connectivity index (χ4n) is 2.49. The van der Waals surface area contributed by atoms with Crippen molar-refractivity contribution in [3.8, 4) is 5.75 Å². The molecule has 0 spiro atoms. The quantitative estimate of drug-likeness (QED) is 0.723. The fourth-order valence-corrected chi connectivity index (χ4v) is 5.70. The maximum Gasteiger partial charge on any atom is 0.118 e. The van der Waals surface area contributed by atoms with Crippen molar-refractivity contribution in [2.24, 2.45) is 0 Å². The largest absolute Gasteiger partial charge is 0.497 e. The number of hydrogen-bond donors (Lipinski definition) is 0. The third-order valence-electron chi connectivity index (χ3n) is 3.56. The Labute approximate surface area is 99.7 Å². The molecule has 1 aromatic carbocycles. The Kier molecular flexibility index (Phi) is 3.83. The number of hydrogen-bond acceptors (Lipinski definition) is 1. The van der Waals surface area contributed by atoms with Crippen LogP contribution in [0, 0.1) is 0 Å². The first-order valence-corrected chi connectivity index (χ1v) is 8.35. The van der Waals surface area contributed by atoms with E-state index in [9.17, 15) is 0 Å². The number of rotatable bonds is 3. The lowest BCUT2D eigenvalue weighted by Crippen LogP contribution is -2.17. The molecule has 0 bridgehead atoms. The van der Waals surface area contributed by atoms with Gasteiger partial charge in [0.1, 0.15) is 5.75 Å². The smallest absolute Gasteiger partial charge is 0.118 e. The van der Waals surface area contributed by atoms with Gasteiger partial charge in [-0.05, 0) is 17.7 Å². The van der Waals surface area contributed by atoms with Gasteiger partial charge in [0.05, 0.1) is 15.9 Å². The molecule has 1 nitrogen and oxygen atoms in total. The molecule has 1 aliphatic heterocycles. The van der Waals surface area contributed by atoms with E-state index in [0.29, 0.717) is 0 Å². The topological polar surface area (TPSA) is 9.23 Å². The van der Waals surface area contributed by atoms with Crippen LogP contribution in [0.4, 0.5) is 0 Å². The molecule has 0 unspecified atom stereocenters. The summed E-state index contributed by atoms with van der Waals surface area (Å²) in [6, 6.07) is 11.3. The van der Waals surface area contributed by atoms with Crippen molar-refractivity contribution in [2.45, 2.75) is 31.4 Å². The Morgan fingerprint density at radius 3 is 2.31 bits per heavy atom. The Morgan fingerprint density at radius 1 is 1.12 bits per heavy atom. The van der Waals surface area contributed by atoms with Gasteiger partial charge in [-0.15, -0.1) is 0 Å². The summed E-state index contributed by atoms with van der Waals surface area (Å²) in [7, 11) is 1.00. The highest BCUT2D eigenvalue weighted by Gasteiger charge is 2.18. The second-order valence-corrected chi connectivity index (χ2v) is 7.83. The molecular weight excluding hydrogens is 212 g/mol. The van der Waals surface area contributed by atoms with Gasteiger partial charge in [-0.1, -0.05) is 55.3 Å². The minimum atomic E-state index is -0.707. The highest BCUT2D eigenvalue weighted by atomic mass is 28.3. The summed E-state index contributed by atoms with van der Waals surface area (Å²) in [5.41, 5.74) is 1.33. The molecule has 0 aromatic heterocycles. The number of ether oxygens (including phenoxy) is 1. The lowest BCUT2D eigenvalue weighted by atomic mass is 10.2. The molecule has 1 saturated heterocycles. The van der Waals surface area contributed by atoms with Crippen molar-refractivity contribution >= 4 is 14.0 Å². The summed E-state index contributed by atoms with van der Waals surface area (Å²) >= 11 is 0. The third kappa shape index (κ3) is 2.56. The van der Waals surface area contributed by atoms with Crippen LogP contribution in [0.15, 0.2) is 30.8 Å². The predicted octanol–water partition coefficient (Wildman–Crippen LogP) is 3.66. The summed E-state index contributed by atoms with van der Waals surface area (Å²) in [4.78, 5) is 0. The van der Waals surface area contributed by atoms with Crippen LogP contribution in [0.2, 0.25) is 12.1 Å². The van der Waals surface area contributed by atoms with Gasteiger partial charge in [0.25, 0.3) is 0 Å². The van der Waals surface area contributed by atoms with Gasteiger partial charge in [-0.3, -0.25) is 0 Å². The average molecular weight is 232 g/mol. The van der Waals surface area contributed by atoms with Crippen molar-refractivity contribution in [3.63, 3.8) is 0 Å². The predicted molar refractivity (Wildman–Crippen MR) is 72.6 cm³/mol. The van der Waals surface area contributed by atoms with Gasteiger partial charge in [0.15, 0.2) is 0 Å². The molecule has 0 radical (unpaired) electrons. The fraction of sp³-hybridized carbons (Fsp3) is 0.429. The summed E-state index contributed by atoms with van der Waals surface area (Å²) in [5, 5.41) is 1.45. The minimum absolute atomic E-state index is 0.707. The highest BCUT2D eigenvalue weighted by Crippen LogP contribution is 2.29. The van der Waals surface area contributed by atoms with Gasteiger partial charge < -0.3 is 4.74 Å². The summed E-state index contributed by atoms with van der Waals surface area (Å²) in [6.45, 7) is 4.33. The van der Waals surface area contributed by atoms with E-state index < -0.39 is 8.80 Å². The summed E-state index contributed by atoms with van der Waals surface area (Å²) in [6.07, 6.45) is 4.28. The van der Waals surface area contributed by atoms with Crippen LogP contribution in [-0.4, -0.2) is 15.9 Å². The lowest BCUT2D eigenvalue weighted by Gasteiger charge is -2.22. The van der Waals surface area contributed by atoms with E-state index >= 15 is 0 Å². The number of benzene rings is 1. The van der Waals surface area contributed by atoms with Crippen LogP contribution >= 0.6 is 0 Å². The Bertz CT molecular complexity index is 350. The maximum atomic E-state index is 5.18. The molecule has 16 heavy (non-hydrogen) atoms. The van der Waals surface area contributed by atoms with Crippen LogP contribution in [0.3, 0.4) is 0 Å². The van der Waals surface area contributed by atoms with E-state index in [0.717, 1.165) is 5.75 Å². The maximum absolute atomic E-state index is 5.18. The van der Waals surface area contributed by atoms with Crippen LogP contribution in [0.1, 0.15) is 24.8 Å². The standard InChI is InChI=1S/C14H20OSi/c1-12(16-10-4-3-5-11-16)13-6-8-14(15-2)9-7-13/h6-9,16H,1,3-5,10-11H2,2H3. The molecular formula is C14H20OSi. The first kappa shape index (κ1) is 11.5. The molecule has 2 heteroatoms. The van der Waals surface area contributed by atoms with Crippen molar-refractivity contribution < 1.29 is 4.74 Å². The van der Waals surface area contributed by atoms with Gasteiger partial charge in [0, 0.05) is 0 Å². The molecule has 2 rings (SSSR count). The van der Waals surface area contributed by atoms with E-state index in [1.165, 1.54) is 42.1 Å². The van der Waals surface area contributed by atoms with E-state index in [4.69, 9.17) is 4.74 Å². The molecule has 1 heterocycles. The Hall–Kier alpha value is -1.02. The SMILES string of the molecule is C=C(c1ccc(OC)cc1)[SiH]1CCCCC1. The zero-order valence-electron chi connectivity index (χ0n) is 10.0. The van der Waals surface area contributed by atoms with Gasteiger partial charge >= 0.3 is 0 Å². The molecule has 0 atom stereocenters. The molecule has 0 aliphatic carbocycles. The zero-order chi connectivity index (χ0) is 11.4. The molecule has 1 aliphatic rings. The van der Waals surface area contributed by atoms with Crippen molar-refractivity contribution in [2.75, 3.05) is 7.11 Å². The van der Waals surface area contributed by atoms with E-state index in [1.54, 1.807) is 7.11 Å². The van der Waals surface area contributed by atoms with E-state index in [2.05, 4.69) is 18.7 Å². The van der Waals surface area contributed by atoms with Gasteiger partial charge in [-0.2, -0.15) is 0 Å². The van der Waals surface area contributed by atoms with Crippen LogP contribution < -0.4 is 4.74 Å². The Balaban J connectivity index is 2.07. The van der Waals surface area contributed by atoms with Crippen molar-refractivity contribution in [1.82, 2.24) is 0 Å². The minimum Gasteiger partial charge on any atom is -0.497 e. The van der Waals surface area contributed by atoms with E-state index in [-0.39, 0.29) is 0 Å². The van der Waals surface area contributed by atoms with Crippen LogP contribution in [0.25, 0.3) is 5.20 Å². The Morgan fingerprint density at radius 2 is 1.75 bits per heavy atom. The second kappa shape index (κ2) is 5.35. The summed E-state index contributed by atoms with van der Waals surface area (Å²) in [5.74, 6) is 0.932. The normalized spacial score (nSPS) is 17.1. The molecule has 0 N–H and O–H groups in total. The second-order valence-electron chi connectivity index (χ2n) is 4.59. The monoisotopic (exact) mass is 232 g/mol. The summed E-state index contributed by atoms with van der Waals surface area (Å²) < 4.78 is 5.18. The third-order valence-corrected chi connectivity index (χ3v) is 7.09. The van der Waals surface area contributed by atoms with E-state index in [1.807, 2.05) is 12.1 Å². The van der Waals surface area contributed by atoms with Crippen LogP contribution in [0.5, 0.6) is 5.75 Å².